The molecular weight excluding hydrogens is 232 g/mol. The fourth-order valence-corrected chi connectivity index (χ4v) is 1.53. The van der Waals surface area contributed by atoms with E-state index < -0.39 is 0 Å². The smallest absolute Gasteiger partial charge is 0.147 e. The second-order valence-corrected chi connectivity index (χ2v) is 3.48. The third-order valence-electron chi connectivity index (χ3n) is 2.10. The van der Waals surface area contributed by atoms with E-state index in [-0.39, 0.29) is 6.61 Å². The molecule has 0 fully saturated rings. The second kappa shape index (κ2) is 5.79. The van der Waals surface area contributed by atoms with Crippen LogP contribution in [0.15, 0.2) is 12.1 Å². The van der Waals surface area contributed by atoms with Crippen LogP contribution in [0, 0.1) is 0 Å². The van der Waals surface area contributed by atoms with Crippen LogP contribution < -0.4 is 20.3 Å². The first-order chi connectivity index (χ1) is 7.63. The van der Waals surface area contributed by atoms with Gasteiger partial charge in [0.1, 0.15) is 11.5 Å². The monoisotopic (exact) mass is 246 g/mol. The van der Waals surface area contributed by atoms with Crippen LogP contribution >= 0.6 is 11.6 Å². The molecule has 0 amide bonds. The lowest BCUT2D eigenvalue weighted by Crippen LogP contribution is -2.33. The molecule has 0 heterocycles. The summed E-state index contributed by atoms with van der Waals surface area (Å²) in [5.41, 5.74) is 0.599. The lowest BCUT2D eigenvalue weighted by molar-refractivity contribution is 0.301. The van der Waals surface area contributed by atoms with Gasteiger partial charge in [-0.15, -0.1) is 0 Å². The Morgan fingerprint density at radius 1 is 1.31 bits per heavy atom. The van der Waals surface area contributed by atoms with Crippen LogP contribution in [0.4, 0.5) is 5.69 Å². The zero-order chi connectivity index (χ0) is 12.1. The summed E-state index contributed by atoms with van der Waals surface area (Å²) in [6, 6.07) is 3.28. The van der Waals surface area contributed by atoms with Crippen LogP contribution in [-0.4, -0.2) is 32.5 Å². The van der Waals surface area contributed by atoms with Crippen LogP contribution in [0.5, 0.6) is 11.5 Å². The lowest BCUT2D eigenvalue weighted by Gasteiger charge is -2.21. The van der Waals surface area contributed by atoms with Crippen molar-refractivity contribution < 1.29 is 14.6 Å². The first kappa shape index (κ1) is 12.9. The van der Waals surface area contributed by atoms with Crippen LogP contribution in [0.25, 0.3) is 0 Å². The Hall–Kier alpha value is -1.17. The molecule has 0 aliphatic heterocycles. The van der Waals surface area contributed by atoms with Crippen molar-refractivity contribution in [3.05, 3.63) is 17.2 Å². The number of methoxy groups -OCH3 is 2. The molecule has 0 bridgehead atoms. The van der Waals surface area contributed by atoms with Crippen molar-refractivity contribution >= 4 is 17.3 Å². The first-order valence-electron chi connectivity index (χ1n) is 4.68. The molecule has 0 atom stereocenters. The van der Waals surface area contributed by atoms with E-state index in [1.165, 1.54) is 19.2 Å². The summed E-state index contributed by atoms with van der Waals surface area (Å²) < 4.78 is 10.2. The normalized spacial score (nSPS) is 10.1. The fraction of sp³-hybridized carbons (Fsp3) is 0.400. The molecule has 1 aromatic carbocycles. The van der Waals surface area contributed by atoms with Crippen molar-refractivity contribution in [1.29, 1.82) is 0 Å². The highest BCUT2D eigenvalue weighted by Gasteiger charge is 2.13. The maximum atomic E-state index is 8.81. The number of halogens is 1. The van der Waals surface area contributed by atoms with Gasteiger partial charge in [-0.2, -0.15) is 0 Å². The largest absolute Gasteiger partial charge is 0.495 e. The van der Waals surface area contributed by atoms with Crippen molar-refractivity contribution in [1.82, 2.24) is 0 Å². The topological polar surface area (TPSA) is 68.0 Å². The molecule has 3 N–H and O–H groups in total. The Balaban J connectivity index is 3.12. The van der Waals surface area contributed by atoms with Gasteiger partial charge in [-0.05, 0) is 6.07 Å². The molecule has 0 saturated carbocycles. The molecule has 0 spiro atoms. The summed E-state index contributed by atoms with van der Waals surface area (Å²) in [5, 5.41) is 10.6. The highest BCUT2D eigenvalue weighted by Crippen LogP contribution is 2.36. The van der Waals surface area contributed by atoms with Crippen molar-refractivity contribution in [2.75, 3.05) is 32.4 Å². The van der Waals surface area contributed by atoms with Crippen LogP contribution in [0.2, 0.25) is 5.02 Å². The molecular formula is C10H15ClN2O3. The molecule has 6 heteroatoms. The number of hydrogen-bond acceptors (Lipinski definition) is 5. The van der Waals surface area contributed by atoms with Gasteiger partial charge in [0.05, 0.1) is 38.1 Å². The molecule has 90 valence electrons. The maximum absolute atomic E-state index is 8.81. The van der Waals surface area contributed by atoms with Crippen molar-refractivity contribution in [3.63, 3.8) is 0 Å². The predicted molar refractivity (Wildman–Crippen MR) is 63.2 cm³/mol. The number of benzene rings is 1. The summed E-state index contributed by atoms with van der Waals surface area (Å²) >= 11 is 5.98. The molecule has 0 aliphatic carbocycles. The third-order valence-corrected chi connectivity index (χ3v) is 2.40. The third kappa shape index (κ3) is 2.69. The standard InChI is InChI=1S/C10H15ClN2O3/c1-15-9-6-10(16-2)8(5-7(9)11)13(12)3-4-14/h5-6,14H,3-4,12H2,1-2H3. The van der Waals surface area contributed by atoms with Crippen molar-refractivity contribution in [2.45, 2.75) is 0 Å². The Labute approximate surface area is 99.3 Å². The van der Waals surface area contributed by atoms with E-state index in [0.29, 0.717) is 28.8 Å². The van der Waals surface area contributed by atoms with E-state index in [4.69, 9.17) is 32.0 Å². The minimum absolute atomic E-state index is 0.0523. The molecule has 5 nitrogen and oxygen atoms in total. The number of ether oxygens (including phenoxy) is 2. The summed E-state index contributed by atoms with van der Waals surface area (Å²) in [6.07, 6.45) is 0. The predicted octanol–water partition coefficient (Wildman–Crippen LogP) is 1.03. The minimum Gasteiger partial charge on any atom is -0.495 e. The molecule has 1 aromatic rings. The first-order valence-corrected chi connectivity index (χ1v) is 5.06. The highest BCUT2D eigenvalue weighted by molar-refractivity contribution is 6.32. The SMILES string of the molecule is COc1cc(OC)c(N(N)CCO)cc1Cl. The number of rotatable bonds is 5. The van der Waals surface area contributed by atoms with Gasteiger partial charge in [0.2, 0.25) is 0 Å². The quantitative estimate of drug-likeness (QED) is 0.600. The zero-order valence-electron chi connectivity index (χ0n) is 9.24. The van der Waals surface area contributed by atoms with Gasteiger partial charge < -0.3 is 19.6 Å². The highest BCUT2D eigenvalue weighted by atomic mass is 35.5. The summed E-state index contributed by atoms with van der Waals surface area (Å²) in [7, 11) is 3.05. The van der Waals surface area contributed by atoms with E-state index in [2.05, 4.69) is 0 Å². The molecule has 0 saturated heterocycles. The molecule has 16 heavy (non-hydrogen) atoms. The maximum Gasteiger partial charge on any atom is 0.147 e. The second-order valence-electron chi connectivity index (χ2n) is 3.08. The minimum atomic E-state index is -0.0523. The number of hydrogen-bond donors (Lipinski definition) is 2. The van der Waals surface area contributed by atoms with Crippen LogP contribution in [0.1, 0.15) is 0 Å². The summed E-state index contributed by atoms with van der Waals surface area (Å²) in [4.78, 5) is 0. The van der Waals surface area contributed by atoms with Crippen molar-refractivity contribution in [3.8, 4) is 11.5 Å². The van der Waals surface area contributed by atoms with Crippen molar-refractivity contribution in [2.24, 2.45) is 5.84 Å². The van der Waals surface area contributed by atoms with E-state index in [9.17, 15) is 0 Å². The van der Waals surface area contributed by atoms with Crippen LogP contribution in [-0.2, 0) is 0 Å². The molecule has 1 rings (SSSR count). The number of aliphatic hydroxyl groups excluding tert-OH is 1. The van der Waals surface area contributed by atoms with Gasteiger partial charge in [0, 0.05) is 6.07 Å². The van der Waals surface area contributed by atoms with Gasteiger partial charge in [-0.25, -0.2) is 5.84 Å². The van der Waals surface area contributed by atoms with Gasteiger partial charge in [-0.3, -0.25) is 0 Å². The molecule has 0 aromatic heterocycles. The number of anilines is 1. The number of hydrazine groups is 1. The summed E-state index contributed by atoms with van der Waals surface area (Å²) in [6.45, 7) is 0.238. The van der Waals surface area contributed by atoms with Gasteiger partial charge in [0.15, 0.2) is 0 Å². The Bertz CT molecular complexity index is 360. The number of nitrogens with zero attached hydrogens (tertiary/aromatic N) is 1. The van der Waals surface area contributed by atoms with E-state index in [1.807, 2.05) is 0 Å². The van der Waals surface area contributed by atoms with Gasteiger partial charge >= 0.3 is 0 Å². The molecule has 0 aliphatic rings. The Kier molecular flexibility index (Phi) is 4.67. The average Bonchev–Trinajstić information content (AvgIpc) is 2.29. The Morgan fingerprint density at radius 2 is 1.94 bits per heavy atom. The molecule has 0 radical (unpaired) electrons. The van der Waals surface area contributed by atoms with Gasteiger partial charge in [0.25, 0.3) is 0 Å². The van der Waals surface area contributed by atoms with E-state index in [0.717, 1.165) is 0 Å². The summed E-state index contributed by atoms with van der Waals surface area (Å²) in [5.74, 6) is 6.79. The fourth-order valence-electron chi connectivity index (χ4n) is 1.30. The lowest BCUT2D eigenvalue weighted by atomic mass is 10.2. The zero-order valence-corrected chi connectivity index (χ0v) is 9.99. The molecule has 0 unspecified atom stereocenters. The Morgan fingerprint density at radius 3 is 2.44 bits per heavy atom. The number of aliphatic hydroxyl groups is 1. The van der Waals surface area contributed by atoms with Crippen LogP contribution in [0.3, 0.4) is 0 Å². The number of nitrogens with two attached hydrogens (primary N) is 1. The van der Waals surface area contributed by atoms with E-state index in [1.54, 1.807) is 12.1 Å². The average molecular weight is 247 g/mol. The van der Waals surface area contributed by atoms with E-state index >= 15 is 0 Å². The van der Waals surface area contributed by atoms with Gasteiger partial charge in [-0.1, -0.05) is 11.6 Å².